The van der Waals surface area contributed by atoms with Crippen LogP contribution < -0.4 is 10.6 Å². The van der Waals surface area contributed by atoms with Crippen LogP contribution in [0.5, 0.6) is 0 Å². The average molecular weight is 511 g/mol. The number of ether oxygens (including phenoxy) is 1. The Morgan fingerprint density at radius 3 is 2.39 bits per heavy atom. The lowest BCUT2D eigenvalue weighted by Gasteiger charge is -2.15. The standard InChI is InChI=1S/C29H26N4O5/c1-18(28(34)35)23-10-6-7-11-24(23)31-17-20-12-14-22(15-13-20)26-25(16-30)33-38-27(26)32-29(36)37-19(2)21-8-4-3-5-9-21/h3-15,18-19,31H,17H2,1-2H3,(H,32,36)(H,34,35). The molecule has 1 aromatic heterocycles. The van der Waals surface area contributed by atoms with E-state index in [4.69, 9.17) is 9.26 Å². The first-order valence-electron chi connectivity index (χ1n) is 11.9. The molecular formula is C29H26N4O5. The van der Waals surface area contributed by atoms with Gasteiger partial charge in [-0.3, -0.25) is 10.1 Å². The first-order valence-corrected chi connectivity index (χ1v) is 11.9. The number of aliphatic carboxylic acids is 1. The first kappa shape index (κ1) is 26.0. The normalized spacial score (nSPS) is 12.1. The van der Waals surface area contributed by atoms with E-state index < -0.39 is 24.1 Å². The fourth-order valence-electron chi connectivity index (χ4n) is 3.95. The zero-order valence-electron chi connectivity index (χ0n) is 20.8. The Labute approximate surface area is 219 Å². The number of nitrogens with one attached hydrogen (secondary N) is 2. The molecule has 0 aliphatic rings. The third-order valence-electron chi connectivity index (χ3n) is 6.09. The van der Waals surface area contributed by atoms with E-state index >= 15 is 0 Å². The Balaban J connectivity index is 1.46. The third kappa shape index (κ3) is 5.99. The molecule has 192 valence electrons. The van der Waals surface area contributed by atoms with Crippen molar-refractivity contribution in [3.8, 4) is 17.2 Å². The summed E-state index contributed by atoms with van der Waals surface area (Å²) in [5, 5.41) is 28.5. The van der Waals surface area contributed by atoms with Gasteiger partial charge in [-0.15, -0.1) is 0 Å². The van der Waals surface area contributed by atoms with Crippen molar-refractivity contribution in [2.45, 2.75) is 32.4 Å². The molecule has 0 saturated carbocycles. The summed E-state index contributed by atoms with van der Waals surface area (Å²) in [6, 6.07) is 25.9. The van der Waals surface area contributed by atoms with E-state index in [0.29, 0.717) is 23.2 Å². The Hall–Kier alpha value is -5.10. The average Bonchev–Trinajstić information content (AvgIpc) is 3.34. The van der Waals surface area contributed by atoms with Gasteiger partial charge in [0.15, 0.2) is 5.69 Å². The third-order valence-corrected chi connectivity index (χ3v) is 6.09. The number of carbonyl (C=O) groups excluding carboxylic acids is 1. The van der Waals surface area contributed by atoms with Gasteiger partial charge in [-0.1, -0.05) is 78.0 Å². The molecule has 2 atom stereocenters. The van der Waals surface area contributed by atoms with Gasteiger partial charge in [0.25, 0.3) is 0 Å². The fourth-order valence-corrected chi connectivity index (χ4v) is 3.95. The first-order chi connectivity index (χ1) is 18.4. The number of hydrogen-bond acceptors (Lipinski definition) is 7. The maximum absolute atomic E-state index is 12.5. The van der Waals surface area contributed by atoms with E-state index in [1.54, 1.807) is 32.0 Å². The van der Waals surface area contributed by atoms with Gasteiger partial charge in [0.1, 0.15) is 12.2 Å². The van der Waals surface area contributed by atoms with Gasteiger partial charge in [0.2, 0.25) is 5.88 Å². The lowest BCUT2D eigenvalue weighted by molar-refractivity contribution is -0.138. The highest BCUT2D eigenvalue weighted by molar-refractivity contribution is 5.90. The SMILES string of the molecule is CC(OC(=O)Nc1onc(C#N)c1-c1ccc(CNc2ccccc2C(C)C(=O)O)cc1)c1ccccc1. The zero-order chi connectivity index (χ0) is 27.1. The van der Waals surface area contributed by atoms with Crippen LogP contribution in [0.15, 0.2) is 83.4 Å². The van der Waals surface area contributed by atoms with E-state index in [-0.39, 0.29) is 11.6 Å². The van der Waals surface area contributed by atoms with Crippen LogP contribution in [-0.2, 0) is 16.1 Å². The van der Waals surface area contributed by atoms with E-state index in [0.717, 1.165) is 16.8 Å². The Morgan fingerprint density at radius 1 is 1.03 bits per heavy atom. The number of carbonyl (C=O) groups is 2. The van der Waals surface area contributed by atoms with Crippen molar-refractivity contribution < 1.29 is 24.0 Å². The smallest absolute Gasteiger partial charge is 0.414 e. The molecule has 0 saturated heterocycles. The van der Waals surface area contributed by atoms with Crippen molar-refractivity contribution in [2.75, 3.05) is 10.6 Å². The molecule has 0 aliphatic heterocycles. The maximum Gasteiger partial charge on any atom is 0.414 e. The lowest BCUT2D eigenvalue weighted by Crippen LogP contribution is -2.16. The summed E-state index contributed by atoms with van der Waals surface area (Å²) >= 11 is 0. The summed E-state index contributed by atoms with van der Waals surface area (Å²) in [6.07, 6.45) is -1.23. The number of amides is 1. The minimum Gasteiger partial charge on any atom is -0.481 e. The van der Waals surface area contributed by atoms with Gasteiger partial charge < -0.3 is 19.7 Å². The molecule has 1 heterocycles. The maximum atomic E-state index is 12.5. The van der Waals surface area contributed by atoms with Gasteiger partial charge in [-0.2, -0.15) is 5.26 Å². The molecule has 3 aromatic carbocycles. The molecule has 0 spiro atoms. The molecule has 0 aliphatic carbocycles. The zero-order valence-corrected chi connectivity index (χ0v) is 20.8. The van der Waals surface area contributed by atoms with Crippen LogP contribution in [0.25, 0.3) is 11.1 Å². The van der Waals surface area contributed by atoms with Crippen molar-refractivity contribution in [1.82, 2.24) is 5.16 Å². The second-order valence-corrected chi connectivity index (χ2v) is 8.63. The van der Waals surface area contributed by atoms with Crippen molar-refractivity contribution in [1.29, 1.82) is 5.26 Å². The molecule has 2 unspecified atom stereocenters. The van der Waals surface area contributed by atoms with Crippen LogP contribution in [0.3, 0.4) is 0 Å². The summed E-state index contributed by atoms with van der Waals surface area (Å²) in [6.45, 7) is 3.85. The van der Waals surface area contributed by atoms with Crippen molar-refractivity contribution in [3.05, 3.63) is 101 Å². The van der Waals surface area contributed by atoms with E-state index in [1.165, 1.54) is 0 Å². The van der Waals surface area contributed by atoms with Crippen molar-refractivity contribution in [3.63, 3.8) is 0 Å². The van der Waals surface area contributed by atoms with Crippen LogP contribution >= 0.6 is 0 Å². The highest BCUT2D eigenvalue weighted by Crippen LogP contribution is 2.32. The summed E-state index contributed by atoms with van der Waals surface area (Å²) in [7, 11) is 0. The van der Waals surface area contributed by atoms with Gasteiger partial charge in [0.05, 0.1) is 11.5 Å². The number of aromatic nitrogens is 1. The van der Waals surface area contributed by atoms with Crippen LogP contribution in [0.4, 0.5) is 16.4 Å². The predicted molar refractivity (Wildman–Crippen MR) is 141 cm³/mol. The minimum absolute atomic E-state index is 0.00859. The van der Waals surface area contributed by atoms with E-state index in [1.807, 2.05) is 66.7 Å². The fraction of sp³-hybridized carbons (Fsp3) is 0.172. The molecule has 9 nitrogen and oxygen atoms in total. The summed E-state index contributed by atoms with van der Waals surface area (Å²) in [5.41, 5.74) is 4.19. The predicted octanol–water partition coefficient (Wildman–Crippen LogP) is 6.32. The molecule has 38 heavy (non-hydrogen) atoms. The molecule has 0 fully saturated rings. The van der Waals surface area contributed by atoms with Crippen molar-refractivity contribution >= 4 is 23.6 Å². The van der Waals surface area contributed by atoms with Gasteiger partial charge in [-0.25, -0.2) is 4.79 Å². The monoisotopic (exact) mass is 510 g/mol. The Kier molecular flexibility index (Phi) is 8.04. The Bertz CT molecular complexity index is 1460. The molecule has 0 radical (unpaired) electrons. The molecule has 3 N–H and O–H groups in total. The van der Waals surface area contributed by atoms with Gasteiger partial charge in [0, 0.05) is 12.2 Å². The molecule has 1 amide bonds. The molecule has 4 aromatic rings. The molecule has 4 rings (SSSR count). The topological polar surface area (TPSA) is 137 Å². The second kappa shape index (κ2) is 11.8. The van der Waals surface area contributed by atoms with E-state index in [2.05, 4.69) is 15.8 Å². The molecule has 0 bridgehead atoms. The number of carboxylic acid groups (broad SMARTS) is 1. The van der Waals surface area contributed by atoms with Crippen molar-refractivity contribution in [2.24, 2.45) is 0 Å². The number of rotatable bonds is 9. The highest BCUT2D eigenvalue weighted by atomic mass is 16.6. The number of benzene rings is 3. The van der Waals surface area contributed by atoms with E-state index in [9.17, 15) is 20.0 Å². The largest absolute Gasteiger partial charge is 0.481 e. The number of para-hydroxylation sites is 1. The lowest BCUT2D eigenvalue weighted by atomic mass is 9.99. The van der Waals surface area contributed by atoms with Gasteiger partial charge >= 0.3 is 12.1 Å². The number of anilines is 2. The summed E-state index contributed by atoms with van der Waals surface area (Å²) < 4.78 is 10.7. The number of nitriles is 1. The molecular weight excluding hydrogens is 484 g/mol. The number of hydrogen-bond donors (Lipinski definition) is 3. The van der Waals surface area contributed by atoms with Crippen LogP contribution in [-0.4, -0.2) is 22.3 Å². The van der Waals surface area contributed by atoms with Crippen LogP contribution in [0, 0.1) is 11.3 Å². The second-order valence-electron chi connectivity index (χ2n) is 8.63. The highest BCUT2D eigenvalue weighted by Gasteiger charge is 2.22. The minimum atomic E-state index is -0.895. The van der Waals surface area contributed by atoms with Crippen LogP contribution in [0.1, 0.15) is 48.3 Å². The summed E-state index contributed by atoms with van der Waals surface area (Å²) in [5.74, 6) is -1.53. The number of carboxylic acids is 1. The van der Waals surface area contributed by atoms with Gasteiger partial charge in [-0.05, 0) is 42.2 Å². The quantitative estimate of drug-likeness (QED) is 0.238. The molecule has 9 heteroatoms. The number of nitrogens with zero attached hydrogens (tertiary/aromatic N) is 2. The Morgan fingerprint density at radius 2 is 1.71 bits per heavy atom. The van der Waals surface area contributed by atoms with Crippen LogP contribution in [0.2, 0.25) is 0 Å². The summed E-state index contributed by atoms with van der Waals surface area (Å²) in [4.78, 5) is 24.0.